The minimum absolute atomic E-state index is 0.0931. The van der Waals surface area contributed by atoms with Crippen LogP contribution in [0, 0.1) is 0 Å². The lowest BCUT2D eigenvalue weighted by atomic mass is 10.1. The second-order valence-corrected chi connectivity index (χ2v) is 3.25. The minimum atomic E-state index is -0.271. The van der Waals surface area contributed by atoms with Crippen LogP contribution in [0.3, 0.4) is 0 Å². The van der Waals surface area contributed by atoms with Gasteiger partial charge >= 0.3 is 0 Å². The Hall–Kier alpha value is -1.50. The quantitative estimate of drug-likeness (QED) is 0.545. The molecule has 3 N–H and O–H groups in total. The molecule has 1 aromatic rings. The van der Waals surface area contributed by atoms with Gasteiger partial charge in [-0.3, -0.25) is 4.79 Å². The van der Waals surface area contributed by atoms with Crippen molar-refractivity contribution >= 4 is 5.91 Å². The molecule has 0 bridgehead atoms. The molecule has 1 atom stereocenters. The van der Waals surface area contributed by atoms with Gasteiger partial charge in [0.15, 0.2) is 0 Å². The van der Waals surface area contributed by atoms with E-state index in [0.29, 0.717) is 0 Å². The van der Waals surface area contributed by atoms with Gasteiger partial charge in [0.25, 0.3) is 11.7 Å². The number of nitrogens with one attached hydrogen (secondary N) is 3. The number of H-pyrrole nitrogens is 1. The zero-order valence-electron chi connectivity index (χ0n) is 7.66. The first-order valence-corrected chi connectivity index (χ1v) is 4.61. The number of aromatic amines is 1. The first kappa shape index (κ1) is 9.07. The summed E-state index contributed by atoms with van der Waals surface area (Å²) in [5.41, 5.74) is 0. The summed E-state index contributed by atoms with van der Waals surface area (Å²) in [6.45, 7) is 1.83. The Morgan fingerprint density at radius 3 is 3.14 bits per heavy atom. The number of hydrogen-bond donors (Lipinski definition) is 3. The van der Waals surface area contributed by atoms with Crippen LogP contribution in [0.25, 0.3) is 0 Å². The molecule has 0 saturated carbocycles. The minimum Gasteiger partial charge on any atom is -0.345 e. The lowest BCUT2D eigenvalue weighted by Gasteiger charge is -2.22. The summed E-state index contributed by atoms with van der Waals surface area (Å²) in [7, 11) is 0. The maximum absolute atomic E-state index is 11.5. The Bertz CT molecular complexity index is 291. The van der Waals surface area contributed by atoms with Crippen LogP contribution in [0.1, 0.15) is 23.5 Å². The molecule has 1 aliphatic heterocycles. The number of aromatic nitrogens is 4. The van der Waals surface area contributed by atoms with Crippen molar-refractivity contribution in [1.29, 1.82) is 0 Å². The number of carbonyl (C=O) groups is 1. The van der Waals surface area contributed by atoms with E-state index < -0.39 is 0 Å². The Morgan fingerprint density at radius 1 is 1.57 bits per heavy atom. The van der Waals surface area contributed by atoms with Gasteiger partial charge in [-0.15, -0.1) is 10.2 Å². The first-order valence-electron chi connectivity index (χ1n) is 4.61. The summed E-state index contributed by atoms with van der Waals surface area (Å²) in [5, 5.41) is 18.8. The van der Waals surface area contributed by atoms with Crippen LogP contribution in [-0.2, 0) is 0 Å². The smallest absolute Gasteiger partial charge is 0.293 e. The molecule has 76 valence electrons. The van der Waals surface area contributed by atoms with Gasteiger partial charge in [-0.25, -0.2) is 0 Å². The number of hydrogen-bond acceptors (Lipinski definition) is 5. The number of carbonyl (C=O) groups excluding carboxylic acids is 1. The first-order chi connectivity index (χ1) is 6.86. The van der Waals surface area contributed by atoms with Gasteiger partial charge in [0, 0.05) is 12.6 Å². The fourth-order valence-electron chi connectivity index (χ4n) is 1.48. The van der Waals surface area contributed by atoms with Crippen molar-refractivity contribution in [3.63, 3.8) is 0 Å². The maximum Gasteiger partial charge on any atom is 0.293 e. The second kappa shape index (κ2) is 4.14. The van der Waals surface area contributed by atoms with Gasteiger partial charge in [-0.05, 0) is 24.6 Å². The Kier molecular flexibility index (Phi) is 2.68. The number of nitrogens with zero attached hydrogens (tertiary/aromatic N) is 3. The molecule has 0 spiro atoms. The van der Waals surface area contributed by atoms with Crippen molar-refractivity contribution in [2.45, 2.75) is 18.9 Å². The van der Waals surface area contributed by atoms with Crippen LogP contribution >= 0.6 is 0 Å². The lowest BCUT2D eigenvalue weighted by molar-refractivity contribution is 0.0920. The summed E-state index contributed by atoms with van der Waals surface area (Å²) in [6.07, 6.45) is 2.08. The van der Waals surface area contributed by atoms with Crippen LogP contribution < -0.4 is 10.6 Å². The normalized spacial score (nSPS) is 21.9. The van der Waals surface area contributed by atoms with Crippen molar-refractivity contribution in [3.8, 4) is 0 Å². The van der Waals surface area contributed by atoms with Crippen molar-refractivity contribution in [2.24, 2.45) is 0 Å². The third kappa shape index (κ3) is 2.05. The third-order valence-corrected chi connectivity index (χ3v) is 2.18. The molecule has 1 aliphatic rings. The van der Waals surface area contributed by atoms with Gasteiger partial charge < -0.3 is 10.6 Å². The molecule has 2 heterocycles. The van der Waals surface area contributed by atoms with E-state index in [2.05, 4.69) is 31.3 Å². The van der Waals surface area contributed by atoms with E-state index in [9.17, 15) is 4.79 Å². The molecule has 14 heavy (non-hydrogen) atoms. The topological polar surface area (TPSA) is 95.6 Å². The SMILES string of the molecule is O=C(NC1CCCNC1)c1nn[nH]n1. The predicted octanol–water partition coefficient (Wildman–Crippen LogP) is -1.32. The largest absolute Gasteiger partial charge is 0.345 e. The summed E-state index contributed by atoms with van der Waals surface area (Å²) in [6, 6.07) is 0.176. The van der Waals surface area contributed by atoms with E-state index >= 15 is 0 Å². The van der Waals surface area contributed by atoms with E-state index in [0.717, 1.165) is 25.9 Å². The lowest BCUT2D eigenvalue weighted by Crippen LogP contribution is -2.45. The van der Waals surface area contributed by atoms with Gasteiger partial charge in [0.05, 0.1) is 0 Å². The number of piperidine rings is 1. The van der Waals surface area contributed by atoms with E-state index in [1.807, 2.05) is 0 Å². The molecule has 1 amide bonds. The predicted molar refractivity (Wildman–Crippen MR) is 47.5 cm³/mol. The summed E-state index contributed by atoms with van der Waals surface area (Å²) in [5.74, 6) is -0.178. The average Bonchev–Trinajstić information content (AvgIpc) is 2.72. The molecule has 1 aromatic heterocycles. The third-order valence-electron chi connectivity index (χ3n) is 2.18. The molecule has 1 unspecified atom stereocenters. The van der Waals surface area contributed by atoms with Gasteiger partial charge in [-0.1, -0.05) is 0 Å². The Balaban J connectivity index is 1.87. The molecule has 1 fully saturated rings. The van der Waals surface area contributed by atoms with Crippen LogP contribution in [0.2, 0.25) is 0 Å². The Labute approximate surface area is 80.6 Å². The van der Waals surface area contributed by atoms with Crippen molar-refractivity contribution in [1.82, 2.24) is 31.3 Å². The van der Waals surface area contributed by atoms with Crippen LogP contribution in [0.5, 0.6) is 0 Å². The van der Waals surface area contributed by atoms with E-state index in [-0.39, 0.29) is 17.8 Å². The van der Waals surface area contributed by atoms with E-state index in [1.54, 1.807) is 0 Å². The van der Waals surface area contributed by atoms with Crippen molar-refractivity contribution < 1.29 is 4.79 Å². The second-order valence-electron chi connectivity index (χ2n) is 3.25. The molecule has 0 radical (unpaired) electrons. The highest BCUT2D eigenvalue weighted by Crippen LogP contribution is 2.01. The number of rotatable bonds is 2. The maximum atomic E-state index is 11.5. The molecule has 7 nitrogen and oxygen atoms in total. The number of amides is 1. The average molecular weight is 196 g/mol. The van der Waals surface area contributed by atoms with E-state index in [1.165, 1.54) is 0 Å². The van der Waals surface area contributed by atoms with Crippen molar-refractivity contribution in [2.75, 3.05) is 13.1 Å². The Morgan fingerprint density at radius 2 is 2.50 bits per heavy atom. The standard InChI is InChI=1S/C7H12N6O/c14-7(6-10-12-13-11-6)9-5-2-1-3-8-4-5/h5,8H,1-4H2,(H,9,14)(H,10,11,12,13). The van der Waals surface area contributed by atoms with Crippen LogP contribution in [0.15, 0.2) is 0 Å². The highest BCUT2D eigenvalue weighted by Gasteiger charge is 2.18. The van der Waals surface area contributed by atoms with Crippen LogP contribution in [0.4, 0.5) is 0 Å². The van der Waals surface area contributed by atoms with Gasteiger partial charge in [0.2, 0.25) is 0 Å². The highest BCUT2D eigenvalue weighted by molar-refractivity contribution is 5.90. The molecule has 2 rings (SSSR count). The molecule has 0 aliphatic carbocycles. The summed E-state index contributed by atoms with van der Waals surface area (Å²) in [4.78, 5) is 11.5. The van der Waals surface area contributed by atoms with E-state index in [4.69, 9.17) is 0 Å². The highest BCUT2D eigenvalue weighted by atomic mass is 16.2. The van der Waals surface area contributed by atoms with Crippen LogP contribution in [-0.4, -0.2) is 45.7 Å². The zero-order chi connectivity index (χ0) is 9.80. The molecular weight excluding hydrogens is 184 g/mol. The molecule has 7 heteroatoms. The summed E-state index contributed by atoms with van der Waals surface area (Å²) >= 11 is 0. The fourth-order valence-corrected chi connectivity index (χ4v) is 1.48. The fraction of sp³-hybridized carbons (Fsp3) is 0.714. The summed E-state index contributed by atoms with van der Waals surface area (Å²) < 4.78 is 0. The molecule has 0 aromatic carbocycles. The van der Waals surface area contributed by atoms with Gasteiger partial charge in [-0.2, -0.15) is 5.21 Å². The monoisotopic (exact) mass is 196 g/mol. The molecular formula is C7H12N6O. The zero-order valence-corrected chi connectivity index (χ0v) is 7.66. The van der Waals surface area contributed by atoms with Gasteiger partial charge in [0.1, 0.15) is 0 Å². The molecule has 1 saturated heterocycles. The number of tetrazole rings is 1. The van der Waals surface area contributed by atoms with Crippen molar-refractivity contribution in [3.05, 3.63) is 5.82 Å².